The third kappa shape index (κ3) is 3.82. The van der Waals surface area contributed by atoms with Crippen LogP contribution in [0, 0.1) is 6.92 Å². The van der Waals surface area contributed by atoms with E-state index in [9.17, 15) is 9.59 Å². The van der Waals surface area contributed by atoms with Crippen LogP contribution in [-0.2, 0) is 11.2 Å². The molecular formula is C20H20N4O3S. The first kappa shape index (κ1) is 18.4. The minimum absolute atomic E-state index is 0.0596. The van der Waals surface area contributed by atoms with Crippen LogP contribution in [0.1, 0.15) is 21.1 Å². The van der Waals surface area contributed by atoms with Gasteiger partial charge >= 0.3 is 0 Å². The van der Waals surface area contributed by atoms with E-state index in [1.165, 1.54) is 17.6 Å². The molecule has 1 saturated heterocycles. The van der Waals surface area contributed by atoms with E-state index in [-0.39, 0.29) is 11.8 Å². The number of aromatic nitrogens is 2. The summed E-state index contributed by atoms with van der Waals surface area (Å²) in [6.07, 6.45) is 3.55. The van der Waals surface area contributed by atoms with Crippen molar-refractivity contribution < 1.29 is 14.0 Å². The van der Waals surface area contributed by atoms with Crippen LogP contribution in [0.2, 0.25) is 0 Å². The molecular weight excluding hydrogens is 376 g/mol. The van der Waals surface area contributed by atoms with Gasteiger partial charge in [0.05, 0.1) is 24.1 Å². The number of rotatable bonds is 4. The van der Waals surface area contributed by atoms with Crippen LogP contribution in [-0.4, -0.2) is 57.8 Å². The summed E-state index contributed by atoms with van der Waals surface area (Å²) in [5.41, 5.74) is 1.69. The number of carbonyl (C=O) groups is 2. The molecule has 0 N–H and O–H groups in total. The fourth-order valence-corrected chi connectivity index (χ4v) is 4.19. The highest BCUT2D eigenvalue weighted by molar-refractivity contribution is 7.15. The van der Waals surface area contributed by atoms with E-state index >= 15 is 0 Å². The molecule has 28 heavy (non-hydrogen) atoms. The van der Waals surface area contributed by atoms with E-state index in [0.717, 1.165) is 21.3 Å². The third-order valence-electron chi connectivity index (χ3n) is 4.74. The highest BCUT2D eigenvalue weighted by atomic mass is 32.1. The van der Waals surface area contributed by atoms with Crippen LogP contribution in [0.15, 0.2) is 47.2 Å². The second-order valence-corrected chi connectivity index (χ2v) is 7.65. The van der Waals surface area contributed by atoms with Crippen molar-refractivity contribution in [2.75, 3.05) is 26.2 Å². The summed E-state index contributed by atoms with van der Waals surface area (Å²) in [5, 5.41) is 0.828. The zero-order valence-electron chi connectivity index (χ0n) is 15.5. The second kappa shape index (κ2) is 7.93. The van der Waals surface area contributed by atoms with Crippen molar-refractivity contribution in [1.82, 2.24) is 19.8 Å². The first-order chi connectivity index (χ1) is 13.6. The maximum absolute atomic E-state index is 12.7. The zero-order chi connectivity index (χ0) is 19.5. The lowest BCUT2D eigenvalue weighted by Gasteiger charge is -2.34. The molecule has 0 atom stereocenters. The molecule has 0 bridgehead atoms. The predicted molar refractivity (Wildman–Crippen MR) is 105 cm³/mol. The van der Waals surface area contributed by atoms with E-state index in [2.05, 4.69) is 9.97 Å². The van der Waals surface area contributed by atoms with Crippen molar-refractivity contribution >= 4 is 23.2 Å². The van der Waals surface area contributed by atoms with Crippen LogP contribution < -0.4 is 0 Å². The molecule has 7 nitrogen and oxygen atoms in total. The Bertz CT molecular complexity index is 961. The number of pyridine rings is 1. The number of hydrogen-bond acceptors (Lipinski definition) is 6. The summed E-state index contributed by atoms with van der Waals surface area (Å²) < 4.78 is 5.17. The molecule has 0 aliphatic carbocycles. The molecule has 0 spiro atoms. The van der Waals surface area contributed by atoms with Gasteiger partial charge in [-0.15, -0.1) is 11.3 Å². The Kier molecular flexibility index (Phi) is 5.21. The first-order valence-corrected chi connectivity index (χ1v) is 9.92. The summed E-state index contributed by atoms with van der Waals surface area (Å²) >= 11 is 1.51. The number of amides is 2. The molecule has 1 fully saturated rings. The molecule has 0 unspecified atom stereocenters. The van der Waals surface area contributed by atoms with Crippen LogP contribution >= 0.6 is 11.3 Å². The topological polar surface area (TPSA) is 79.5 Å². The molecule has 3 aromatic rings. The number of hydrogen-bond donors (Lipinski definition) is 0. The fraction of sp³-hybridized carbons (Fsp3) is 0.300. The summed E-state index contributed by atoms with van der Waals surface area (Å²) in [6, 6.07) is 9.06. The zero-order valence-corrected chi connectivity index (χ0v) is 16.3. The van der Waals surface area contributed by atoms with Crippen LogP contribution in [0.25, 0.3) is 10.7 Å². The molecule has 1 aliphatic heterocycles. The Morgan fingerprint density at radius 3 is 2.57 bits per heavy atom. The largest absolute Gasteiger partial charge is 0.459 e. The number of nitrogens with zero attached hydrogens (tertiary/aromatic N) is 4. The van der Waals surface area contributed by atoms with E-state index in [1.54, 1.807) is 23.2 Å². The highest BCUT2D eigenvalue weighted by Crippen LogP contribution is 2.27. The predicted octanol–water partition coefficient (Wildman–Crippen LogP) is 2.63. The van der Waals surface area contributed by atoms with Gasteiger partial charge in [-0.25, -0.2) is 4.98 Å². The minimum Gasteiger partial charge on any atom is -0.459 e. The number of thiazole rings is 1. The van der Waals surface area contributed by atoms with Gasteiger partial charge in [0.1, 0.15) is 5.01 Å². The Balaban J connectivity index is 1.36. The van der Waals surface area contributed by atoms with Gasteiger partial charge in [-0.2, -0.15) is 0 Å². The lowest BCUT2D eigenvalue weighted by atomic mass is 10.2. The van der Waals surface area contributed by atoms with Crippen molar-refractivity contribution in [3.8, 4) is 10.7 Å². The van der Waals surface area contributed by atoms with Gasteiger partial charge < -0.3 is 14.2 Å². The van der Waals surface area contributed by atoms with Crippen LogP contribution in [0.5, 0.6) is 0 Å². The summed E-state index contributed by atoms with van der Waals surface area (Å²) in [6.45, 7) is 3.98. The molecule has 0 radical (unpaired) electrons. The summed E-state index contributed by atoms with van der Waals surface area (Å²) in [4.78, 5) is 38.4. The molecule has 8 heteroatoms. The van der Waals surface area contributed by atoms with Gasteiger partial charge in [-0.05, 0) is 31.2 Å². The van der Waals surface area contributed by atoms with Crippen molar-refractivity contribution in [1.29, 1.82) is 0 Å². The third-order valence-corrected chi connectivity index (χ3v) is 5.92. The van der Waals surface area contributed by atoms with Crippen molar-refractivity contribution in [2.45, 2.75) is 13.3 Å². The molecule has 4 heterocycles. The number of furan rings is 1. The number of carbonyl (C=O) groups excluding carboxylic acids is 2. The minimum atomic E-state index is -0.129. The van der Waals surface area contributed by atoms with Gasteiger partial charge in [0.15, 0.2) is 5.76 Å². The SMILES string of the molecule is Cc1nc(-c2ccccn2)sc1CC(=O)N1CCN(C(=O)c2ccco2)CC1. The standard InChI is InChI=1S/C20H20N4O3S/c1-14-17(28-19(22-14)15-5-2-3-7-21-15)13-18(25)23-8-10-24(11-9-23)20(26)16-6-4-12-27-16/h2-7,12H,8-11,13H2,1H3. The Hall–Kier alpha value is -3.00. The van der Waals surface area contributed by atoms with E-state index in [4.69, 9.17) is 4.42 Å². The fourth-order valence-electron chi connectivity index (χ4n) is 3.16. The van der Waals surface area contributed by atoms with Crippen molar-refractivity contribution in [3.63, 3.8) is 0 Å². The maximum atomic E-state index is 12.7. The maximum Gasteiger partial charge on any atom is 0.289 e. The van der Waals surface area contributed by atoms with E-state index in [1.807, 2.05) is 30.0 Å². The van der Waals surface area contributed by atoms with Gasteiger partial charge in [0, 0.05) is 37.3 Å². The normalized spacial score (nSPS) is 14.3. The Morgan fingerprint density at radius 2 is 1.89 bits per heavy atom. The summed E-state index contributed by atoms with van der Waals surface area (Å²) in [5.74, 6) is 0.266. The van der Waals surface area contributed by atoms with E-state index in [0.29, 0.717) is 38.4 Å². The molecule has 4 rings (SSSR count). The van der Waals surface area contributed by atoms with Gasteiger partial charge in [-0.3, -0.25) is 14.6 Å². The lowest BCUT2D eigenvalue weighted by molar-refractivity contribution is -0.131. The molecule has 3 aromatic heterocycles. The van der Waals surface area contributed by atoms with Gasteiger partial charge in [-0.1, -0.05) is 6.07 Å². The smallest absolute Gasteiger partial charge is 0.289 e. The molecule has 144 valence electrons. The van der Waals surface area contributed by atoms with Gasteiger partial charge in [0.2, 0.25) is 5.91 Å². The Morgan fingerprint density at radius 1 is 1.11 bits per heavy atom. The van der Waals surface area contributed by atoms with Gasteiger partial charge in [0.25, 0.3) is 5.91 Å². The van der Waals surface area contributed by atoms with Crippen molar-refractivity contribution in [3.05, 3.63) is 59.1 Å². The highest BCUT2D eigenvalue weighted by Gasteiger charge is 2.26. The average Bonchev–Trinajstić information content (AvgIpc) is 3.39. The monoisotopic (exact) mass is 396 g/mol. The molecule has 2 amide bonds. The first-order valence-electron chi connectivity index (χ1n) is 9.10. The Labute approximate surface area is 166 Å². The van der Waals surface area contributed by atoms with Crippen LogP contribution in [0.3, 0.4) is 0 Å². The van der Waals surface area contributed by atoms with Crippen LogP contribution in [0.4, 0.5) is 0 Å². The number of piperazine rings is 1. The van der Waals surface area contributed by atoms with E-state index < -0.39 is 0 Å². The lowest BCUT2D eigenvalue weighted by Crippen LogP contribution is -2.50. The number of aryl methyl sites for hydroxylation is 1. The molecule has 0 aromatic carbocycles. The molecule has 0 saturated carbocycles. The quantitative estimate of drug-likeness (QED) is 0.677. The molecule has 1 aliphatic rings. The van der Waals surface area contributed by atoms with Crippen molar-refractivity contribution in [2.24, 2.45) is 0 Å². The second-order valence-electron chi connectivity index (χ2n) is 6.57. The summed E-state index contributed by atoms with van der Waals surface area (Å²) in [7, 11) is 0. The average molecular weight is 396 g/mol.